The van der Waals surface area contributed by atoms with Gasteiger partial charge in [-0.25, -0.2) is 4.79 Å². The molecule has 1 atom stereocenters. The highest BCUT2D eigenvalue weighted by Gasteiger charge is 2.29. The lowest BCUT2D eigenvalue weighted by molar-refractivity contribution is -0.141. The molecule has 6 heteroatoms. The number of aryl methyl sites for hydroxylation is 1. The average molecular weight is 529 g/mol. The van der Waals surface area contributed by atoms with Crippen molar-refractivity contribution in [3.05, 3.63) is 130 Å². The summed E-state index contributed by atoms with van der Waals surface area (Å²) in [6.07, 6.45) is 3.13. The first-order valence-corrected chi connectivity index (χ1v) is 13.4. The Bertz CT molecular complexity index is 1310. The number of nitrogens with one attached hydrogen (secondary N) is 1. The van der Waals surface area contributed by atoms with Crippen molar-refractivity contribution in [2.45, 2.75) is 51.1 Å². The van der Waals surface area contributed by atoms with Crippen LogP contribution < -0.4 is 5.32 Å². The van der Waals surface area contributed by atoms with Gasteiger partial charge in [0.25, 0.3) is 0 Å². The molecule has 3 aromatic carbocycles. The molecule has 0 fully saturated rings. The molecule has 0 saturated carbocycles. The van der Waals surface area contributed by atoms with E-state index in [4.69, 9.17) is 11.6 Å². The van der Waals surface area contributed by atoms with Crippen molar-refractivity contribution in [1.29, 1.82) is 0 Å². The fraction of sp³-hybridized carbons (Fsp3) is 0.250. The minimum absolute atomic E-state index is 0.161. The minimum atomic E-state index is -1.09. The number of aromatic nitrogens is 1. The van der Waals surface area contributed by atoms with Gasteiger partial charge in [-0.1, -0.05) is 104 Å². The second-order valence-corrected chi connectivity index (χ2v) is 9.86. The van der Waals surface area contributed by atoms with Gasteiger partial charge in [-0.15, -0.1) is 0 Å². The van der Waals surface area contributed by atoms with Crippen molar-refractivity contribution in [3.8, 4) is 0 Å². The molecule has 2 N–H and O–H groups in total. The zero-order valence-corrected chi connectivity index (χ0v) is 22.3. The number of carboxylic acids is 1. The summed E-state index contributed by atoms with van der Waals surface area (Å²) in [7, 11) is 0. The monoisotopic (exact) mass is 528 g/mol. The number of carbonyl (C=O) groups excluding carboxylic acids is 1. The largest absolute Gasteiger partial charge is 0.480 e. The molecule has 0 saturated heterocycles. The molecule has 4 aromatic rings. The van der Waals surface area contributed by atoms with Gasteiger partial charge >= 0.3 is 5.97 Å². The Morgan fingerprint density at radius 3 is 2.00 bits per heavy atom. The zero-order chi connectivity index (χ0) is 26.9. The number of unbranched alkanes of at least 4 members (excludes halogenated alkanes) is 1. The average Bonchev–Trinajstić information content (AvgIpc) is 3.30. The summed E-state index contributed by atoms with van der Waals surface area (Å²) < 4.78 is 2.14. The van der Waals surface area contributed by atoms with E-state index in [1.807, 2.05) is 91.0 Å². The van der Waals surface area contributed by atoms with Gasteiger partial charge in [-0.3, -0.25) is 4.79 Å². The van der Waals surface area contributed by atoms with E-state index in [1.54, 1.807) is 0 Å². The van der Waals surface area contributed by atoms with E-state index in [-0.39, 0.29) is 12.3 Å². The molecule has 196 valence electrons. The molecular weight excluding hydrogens is 496 g/mol. The van der Waals surface area contributed by atoms with E-state index in [0.29, 0.717) is 11.6 Å². The first-order valence-electron chi connectivity index (χ1n) is 13.0. The molecule has 5 nitrogen and oxygen atoms in total. The highest BCUT2D eigenvalue weighted by molar-refractivity contribution is 6.31. The lowest BCUT2D eigenvalue weighted by atomic mass is 9.90. The van der Waals surface area contributed by atoms with Crippen LogP contribution in [0.3, 0.4) is 0 Å². The number of hydrogen-bond acceptors (Lipinski definition) is 2. The molecule has 0 aliphatic rings. The Kier molecular flexibility index (Phi) is 9.39. The summed E-state index contributed by atoms with van der Waals surface area (Å²) in [6.45, 7) is 2.69. The third kappa shape index (κ3) is 6.73. The van der Waals surface area contributed by atoms with Gasteiger partial charge in [-0.2, -0.15) is 0 Å². The summed E-state index contributed by atoms with van der Waals surface area (Å²) in [6, 6.07) is 29.5. The predicted molar refractivity (Wildman–Crippen MR) is 152 cm³/mol. The standard InChI is InChI=1S/C32H33ClN2O3/c1-2-3-17-26-19-20-27(35(26)22-25-16-10-11-18-28(25)33)21-29(32(37)38)34-31(36)30(23-12-6-4-7-13-23)24-14-8-5-9-15-24/h4-16,18-20,29-30H,2-3,17,21-22H2,1H3,(H,34,36)(H,37,38). The van der Waals surface area contributed by atoms with E-state index >= 15 is 0 Å². The maximum Gasteiger partial charge on any atom is 0.326 e. The topological polar surface area (TPSA) is 71.3 Å². The Labute approximate surface area is 229 Å². The maximum absolute atomic E-state index is 13.6. The number of carbonyl (C=O) groups is 2. The van der Waals surface area contributed by atoms with E-state index < -0.39 is 17.9 Å². The number of nitrogens with zero attached hydrogens (tertiary/aromatic N) is 1. The summed E-state index contributed by atoms with van der Waals surface area (Å²) in [4.78, 5) is 26.0. The highest BCUT2D eigenvalue weighted by atomic mass is 35.5. The van der Waals surface area contributed by atoms with Gasteiger partial charge in [0.2, 0.25) is 5.91 Å². The van der Waals surface area contributed by atoms with Gasteiger partial charge in [0.05, 0.1) is 5.92 Å². The van der Waals surface area contributed by atoms with Gasteiger partial charge < -0.3 is 15.0 Å². The highest BCUT2D eigenvalue weighted by Crippen LogP contribution is 2.26. The van der Waals surface area contributed by atoms with Crippen molar-refractivity contribution in [2.24, 2.45) is 0 Å². The minimum Gasteiger partial charge on any atom is -0.480 e. The van der Waals surface area contributed by atoms with Gasteiger partial charge in [0.1, 0.15) is 6.04 Å². The molecule has 0 bridgehead atoms. The summed E-state index contributed by atoms with van der Waals surface area (Å²) in [5.74, 6) is -2.03. The summed E-state index contributed by atoms with van der Waals surface area (Å²) in [5.41, 5.74) is 4.56. The Morgan fingerprint density at radius 1 is 0.842 bits per heavy atom. The number of rotatable bonds is 12. The predicted octanol–water partition coefficient (Wildman–Crippen LogP) is 6.48. The lowest BCUT2D eigenvalue weighted by Crippen LogP contribution is -2.45. The van der Waals surface area contributed by atoms with Gasteiger partial charge in [0, 0.05) is 29.4 Å². The smallest absolute Gasteiger partial charge is 0.326 e. The van der Waals surface area contributed by atoms with Crippen LogP contribution >= 0.6 is 11.6 Å². The number of aliphatic carboxylic acids is 1. The van der Waals surface area contributed by atoms with Crippen molar-refractivity contribution < 1.29 is 14.7 Å². The summed E-state index contributed by atoms with van der Waals surface area (Å²) in [5, 5.41) is 13.6. The van der Waals surface area contributed by atoms with Crippen LogP contribution in [0.1, 0.15) is 53.8 Å². The van der Waals surface area contributed by atoms with Crippen molar-refractivity contribution in [1.82, 2.24) is 9.88 Å². The van der Waals surface area contributed by atoms with Crippen molar-refractivity contribution in [2.75, 3.05) is 0 Å². The van der Waals surface area contributed by atoms with Crippen molar-refractivity contribution >= 4 is 23.5 Å². The first-order chi connectivity index (χ1) is 18.5. The molecule has 0 spiro atoms. The quantitative estimate of drug-likeness (QED) is 0.221. The molecule has 1 heterocycles. The number of halogens is 1. The van der Waals surface area contributed by atoms with E-state index in [1.165, 1.54) is 0 Å². The number of hydrogen-bond donors (Lipinski definition) is 2. The fourth-order valence-electron chi connectivity index (χ4n) is 4.76. The number of benzene rings is 3. The van der Waals surface area contributed by atoms with Crippen LogP contribution in [0.5, 0.6) is 0 Å². The van der Waals surface area contributed by atoms with Crippen LogP contribution in [0.2, 0.25) is 5.02 Å². The molecular formula is C32H33ClN2O3. The van der Waals surface area contributed by atoms with E-state index in [9.17, 15) is 14.7 Å². The van der Waals surface area contributed by atoms with Crippen LogP contribution in [0.4, 0.5) is 0 Å². The van der Waals surface area contributed by atoms with Crippen LogP contribution in [-0.4, -0.2) is 27.6 Å². The molecule has 0 aliphatic carbocycles. The van der Waals surface area contributed by atoms with Crippen molar-refractivity contribution in [3.63, 3.8) is 0 Å². The van der Waals surface area contributed by atoms with Crippen LogP contribution in [0, 0.1) is 0 Å². The first kappa shape index (κ1) is 27.2. The molecule has 1 amide bonds. The Hall–Kier alpha value is -3.83. The second kappa shape index (κ2) is 13.1. The molecule has 4 rings (SSSR count). The third-order valence-corrected chi connectivity index (χ3v) is 7.16. The van der Waals surface area contributed by atoms with E-state index in [0.717, 1.165) is 47.3 Å². The Morgan fingerprint density at radius 2 is 1.42 bits per heavy atom. The van der Waals surface area contributed by atoms with Crippen LogP contribution in [-0.2, 0) is 29.0 Å². The molecule has 1 aromatic heterocycles. The molecule has 38 heavy (non-hydrogen) atoms. The molecule has 0 aliphatic heterocycles. The maximum atomic E-state index is 13.6. The second-order valence-electron chi connectivity index (χ2n) is 9.46. The lowest BCUT2D eigenvalue weighted by Gasteiger charge is -2.22. The normalized spacial score (nSPS) is 11.9. The molecule has 1 unspecified atom stereocenters. The number of amides is 1. The third-order valence-electron chi connectivity index (χ3n) is 6.79. The summed E-state index contributed by atoms with van der Waals surface area (Å²) >= 11 is 6.46. The van der Waals surface area contributed by atoms with Crippen LogP contribution in [0.15, 0.2) is 97.1 Å². The van der Waals surface area contributed by atoms with Gasteiger partial charge in [-0.05, 0) is 47.7 Å². The fourth-order valence-corrected chi connectivity index (χ4v) is 4.96. The number of carboxylic acid groups (broad SMARTS) is 1. The SMILES string of the molecule is CCCCc1ccc(CC(NC(=O)C(c2ccccc2)c2ccccc2)C(=O)O)n1Cc1ccccc1Cl. The van der Waals surface area contributed by atoms with Gasteiger partial charge in [0.15, 0.2) is 0 Å². The van der Waals surface area contributed by atoms with E-state index in [2.05, 4.69) is 22.9 Å². The molecule has 0 radical (unpaired) electrons. The zero-order valence-electron chi connectivity index (χ0n) is 21.5. The Balaban J connectivity index is 1.62. The van der Waals surface area contributed by atoms with Crippen LogP contribution in [0.25, 0.3) is 0 Å².